The summed E-state index contributed by atoms with van der Waals surface area (Å²) >= 11 is 0. The number of methoxy groups -OCH3 is 1. The normalized spacial score (nSPS) is 14.1. The number of allylic oxidation sites excluding steroid dienone is 1. The summed E-state index contributed by atoms with van der Waals surface area (Å²) < 4.78 is 5.51. The lowest BCUT2D eigenvalue weighted by Gasteiger charge is -2.33. The third-order valence-corrected chi connectivity index (χ3v) is 5.03. The van der Waals surface area contributed by atoms with Crippen molar-refractivity contribution in [2.45, 2.75) is 12.8 Å². The van der Waals surface area contributed by atoms with Crippen molar-refractivity contribution in [1.82, 2.24) is 0 Å². The Labute approximate surface area is 170 Å². The highest BCUT2D eigenvalue weighted by atomic mass is 16.5. The van der Waals surface area contributed by atoms with Gasteiger partial charge in [-0.1, -0.05) is 72.8 Å². The SMILES string of the molecule is COc1ccccc1N1C(=O)CCC(C(=O)c2ccccc2)=C1c1ccccc1. The molecule has 144 valence electrons. The van der Waals surface area contributed by atoms with Gasteiger partial charge in [0.15, 0.2) is 5.78 Å². The molecule has 1 amide bonds. The predicted octanol–water partition coefficient (Wildman–Crippen LogP) is 5.12. The topological polar surface area (TPSA) is 46.6 Å². The monoisotopic (exact) mass is 383 g/mol. The van der Waals surface area contributed by atoms with E-state index in [-0.39, 0.29) is 18.1 Å². The Hall–Kier alpha value is -3.66. The summed E-state index contributed by atoms with van der Waals surface area (Å²) in [6.45, 7) is 0. The summed E-state index contributed by atoms with van der Waals surface area (Å²) in [5.74, 6) is 0.470. The first-order valence-electron chi connectivity index (χ1n) is 9.55. The lowest BCUT2D eigenvalue weighted by atomic mass is 9.90. The van der Waals surface area contributed by atoms with Crippen LogP contribution < -0.4 is 9.64 Å². The van der Waals surface area contributed by atoms with Crippen molar-refractivity contribution in [1.29, 1.82) is 0 Å². The number of hydrogen-bond donors (Lipinski definition) is 0. The van der Waals surface area contributed by atoms with Crippen LogP contribution in [-0.2, 0) is 4.79 Å². The van der Waals surface area contributed by atoms with Crippen LogP contribution in [0.4, 0.5) is 5.69 Å². The van der Waals surface area contributed by atoms with Gasteiger partial charge in [0.05, 0.1) is 18.5 Å². The maximum absolute atomic E-state index is 13.4. The van der Waals surface area contributed by atoms with Crippen molar-refractivity contribution in [2.75, 3.05) is 12.0 Å². The molecule has 0 unspecified atom stereocenters. The quantitative estimate of drug-likeness (QED) is 0.575. The van der Waals surface area contributed by atoms with Crippen LogP contribution in [0.3, 0.4) is 0 Å². The molecule has 0 saturated carbocycles. The Morgan fingerprint density at radius 3 is 2.14 bits per heavy atom. The fourth-order valence-electron chi connectivity index (χ4n) is 3.68. The Morgan fingerprint density at radius 1 is 0.828 bits per heavy atom. The van der Waals surface area contributed by atoms with E-state index in [1.165, 1.54) is 0 Å². The molecule has 3 aromatic carbocycles. The number of ketones is 1. The minimum Gasteiger partial charge on any atom is -0.495 e. The highest BCUT2D eigenvalue weighted by Gasteiger charge is 2.33. The van der Waals surface area contributed by atoms with E-state index in [0.717, 1.165) is 5.56 Å². The zero-order valence-corrected chi connectivity index (χ0v) is 16.2. The first kappa shape index (κ1) is 18.7. The van der Waals surface area contributed by atoms with Gasteiger partial charge in [0.1, 0.15) is 5.75 Å². The number of nitrogens with zero attached hydrogens (tertiary/aromatic N) is 1. The van der Waals surface area contributed by atoms with Crippen LogP contribution in [0, 0.1) is 0 Å². The van der Waals surface area contributed by atoms with Crippen molar-refractivity contribution < 1.29 is 14.3 Å². The van der Waals surface area contributed by atoms with Crippen molar-refractivity contribution >= 4 is 23.1 Å². The van der Waals surface area contributed by atoms with Crippen LogP contribution in [0.1, 0.15) is 28.8 Å². The van der Waals surface area contributed by atoms with E-state index in [1.54, 1.807) is 12.0 Å². The Balaban J connectivity index is 1.96. The van der Waals surface area contributed by atoms with Gasteiger partial charge in [-0.3, -0.25) is 14.5 Å². The van der Waals surface area contributed by atoms with Crippen LogP contribution >= 0.6 is 0 Å². The molecule has 1 heterocycles. The molecule has 4 rings (SSSR count). The van der Waals surface area contributed by atoms with E-state index in [2.05, 4.69) is 0 Å². The van der Waals surface area contributed by atoms with Crippen LogP contribution in [0.5, 0.6) is 5.75 Å². The molecule has 29 heavy (non-hydrogen) atoms. The summed E-state index contributed by atoms with van der Waals surface area (Å²) in [5, 5.41) is 0. The number of carbonyl (C=O) groups excluding carboxylic acids is 2. The number of anilines is 1. The van der Waals surface area contributed by atoms with E-state index in [9.17, 15) is 9.59 Å². The van der Waals surface area contributed by atoms with E-state index in [4.69, 9.17) is 4.74 Å². The smallest absolute Gasteiger partial charge is 0.232 e. The zero-order chi connectivity index (χ0) is 20.2. The number of ether oxygens (including phenoxy) is 1. The zero-order valence-electron chi connectivity index (χ0n) is 16.2. The molecule has 4 nitrogen and oxygen atoms in total. The largest absolute Gasteiger partial charge is 0.495 e. The summed E-state index contributed by atoms with van der Waals surface area (Å²) in [6, 6.07) is 26.2. The average Bonchev–Trinajstić information content (AvgIpc) is 2.79. The molecule has 0 radical (unpaired) electrons. The second-order valence-corrected chi connectivity index (χ2v) is 6.79. The molecule has 0 aliphatic carbocycles. The van der Waals surface area contributed by atoms with E-state index < -0.39 is 0 Å². The number of hydrogen-bond acceptors (Lipinski definition) is 3. The molecule has 4 heteroatoms. The first-order valence-corrected chi connectivity index (χ1v) is 9.55. The molecule has 0 bridgehead atoms. The van der Waals surface area contributed by atoms with Gasteiger partial charge in [0.2, 0.25) is 5.91 Å². The second-order valence-electron chi connectivity index (χ2n) is 6.79. The second kappa shape index (κ2) is 8.15. The first-order chi connectivity index (χ1) is 14.2. The molecular weight excluding hydrogens is 362 g/mol. The molecule has 0 atom stereocenters. The van der Waals surface area contributed by atoms with Crippen molar-refractivity contribution in [3.63, 3.8) is 0 Å². The molecule has 0 fully saturated rings. The van der Waals surface area contributed by atoms with E-state index >= 15 is 0 Å². The molecule has 0 spiro atoms. The number of carbonyl (C=O) groups is 2. The standard InChI is InChI=1S/C25H21NO3/c1-29-22-15-9-8-14-21(22)26-23(27)17-16-20(24(26)18-10-4-2-5-11-18)25(28)19-12-6-3-7-13-19/h2-15H,16-17H2,1H3. The molecule has 1 aliphatic heterocycles. The highest BCUT2D eigenvalue weighted by Crippen LogP contribution is 2.40. The lowest BCUT2D eigenvalue weighted by molar-refractivity contribution is -0.118. The van der Waals surface area contributed by atoms with Crippen LogP contribution in [0.2, 0.25) is 0 Å². The van der Waals surface area contributed by atoms with Gasteiger partial charge in [-0.25, -0.2) is 0 Å². The predicted molar refractivity (Wildman–Crippen MR) is 114 cm³/mol. The number of para-hydroxylation sites is 2. The molecule has 0 N–H and O–H groups in total. The van der Waals surface area contributed by atoms with E-state index in [0.29, 0.717) is 34.7 Å². The highest BCUT2D eigenvalue weighted by molar-refractivity contribution is 6.20. The minimum absolute atomic E-state index is 0.0574. The molecule has 3 aromatic rings. The van der Waals surface area contributed by atoms with Crippen LogP contribution in [0.25, 0.3) is 5.70 Å². The Bertz CT molecular complexity index is 1070. The van der Waals surface area contributed by atoms with Crippen molar-refractivity contribution in [2.24, 2.45) is 0 Å². The molecule has 0 saturated heterocycles. The van der Waals surface area contributed by atoms with Gasteiger partial charge in [0.25, 0.3) is 0 Å². The van der Waals surface area contributed by atoms with Crippen molar-refractivity contribution in [3.8, 4) is 5.75 Å². The van der Waals surface area contributed by atoms with Gasteiger partial charge < -0.3 is 4.74 Å². The summed E-state index contributed by atoms with van der Waals surface area (Å²) in [4.78, 5) is 28.1. The molecule has 1 aliphatic rings. The van der Waals surface area contributed by atoms with Gasteiger partial charge in [-0.15, -0.1) is 0 Å². The van der Waals surface area contributed by atoms with E-state index in [1.807, 2.05) is 84.9 Å². The third-order valence-electron chi connectivity index (χ3n) is 5.03. The van der Waals surface area contributed by atoms with Gasteiger partial charge in [-0.2, -0.15) is 0 Å². The fourth-order valence-corrected chi connectivity index (χ4v) is 3.68. The third kappa shape index (κ3) is 3.57. The Kier molecular flexibility index (Phi) is 5.25. The van der Waals surface area contributed by atoms with Crippen molar-refractivity contribution in [3.05, 3.63) is 102 Å². The van der Waals surface area contributed by atoms with Gasteiger partial charge in [0, 0.05) is 17.6 Å². The maximum atomic E-state index is 13.4. The average molecular weight is 383 g/mol. The summed E-state index contributed by atoms with van der Waals surface area (Å²) in [5.41, 5.74) is 3.33. The minimum atomic E-state index is -0.0585. The van der Waals surface area contributed by atoms with Gasteiger partial charge >= 0.3 is 0 Å². The Morgan fingerprint density at radius 2 is 1.45 bits per heavy atom. The number of amides is 1. The summed E-state index contributed by atoms with van der Waals surface area (Å²) in [6.07, 6.45) is 0.671. The lowest BCUT2D eigenvalue weighted by Crippen LogP contribution is -2.35. The van der Waals surface area contributed by atoms with Gasteiger partial charge in [-0.05, 0) is 24.1 Å². The summed E-state index contributed by atoms with van der Waals surface area (Å²) in [7, 11) is 1.58. The maximum Gasteiger partial charge on any atom is 0.232 e. The molecule has 0 aromatic heterocycles. The number of Topliss-reactive ketones (excluding diaryl/α,β-unsaturated/α-hetero) is 1. The molecular formula is C25H21NO3. The number of benzene rings is 3. The number of rotatable bonds is 5. The van der Waals surface area contributed by atoms with Crippen LogP contribution in [-0.4, -0.2) is 18.8 Å². The fraction of sp³-hybridized carbons (Fsp3) is 0.120. The van der Waals surface area contributed by atoms with Crippen LogP contribution in [0.15, 0.2) is 90.5 Å².